The standard InChI is InChI=1S/C13H16N2O/c16-11-14-9-12-4-3-5-13(8-12)10-15-6-1-2-7-15/h3-5,8H,1-2,6-7,9-10H2. The Balaban J connectivity index is 2.00. The van der Waals surface area contributed by atoms with Crippen LogP contribution in [0.5, 0.6) is 0 Å². The molecule has 1 aromatic carbocycles. The summed E-state index contributed by atoms with van der Waals surface area (Å²) in [7, 11) is 0. The van der Waals surface area contributed by atoms with Gasteiger partial charge in [-0.15, -0.1) is 0 Å². The first-order chi connectivity index (χ1) is 7.88. The van der Waals surface area contributed by atoms with Gasteiger partial charge >= 0.3 is 0 Å². The SMILES string of the molecule is O=C=NCc1cccc(CN2CCCC2)c1. The first-order valence-corrected chi connectivity index (χ1v) is 5.72. The van der Waals surface area contributed by atoms with E-state index in [4.69, 9.17) is 0 Å². The topological polar surface area (TPSA) is 32.7 Å². The fourth-order valence-electron chi connectivity index (χ4n) is 2.15. The Labute approximate surface area is 95.8 Å². The van der Waals surface area contributed by atoms with E-state index in [9.17, 15) is 4.79 Å². The molecule has 0 saturated carbocycles. The minimum Gasteiger partial charge on any atom is -0.299 e. The highest BCUT2D eigenvalue weighted by Gasteiger charge is 2.11. The first-order valence-electron chi connectivity index (χ1n) is 5.72. The Morgan fingerprint density at radius 3 is 2.75 bits per heavy atom. The highest BCUT2D eigenvalue weighted by molar-refractivity contribution is 5.34. The Bertz CT molecular complexity index is 391. The van der Waals surface area contributed by atoms with Crippen molar-refractivity contribution in [3.63, 3.8) is 0 Å². The molecule has 0 unspecified atom stereocenters. The second kappa shape index (κ2) is 5.59. The molecule has 1 heterocycles. The van der Waals surface area contributed by atoms with Crippen LogP contribution in [0.4, 0.5) is 0 Å². The lowest BCUT2D eigenvalue weighted by Gasteiger charge is -2.14. The van der Waals surface area contributed by atoms with Crippen molar-refractivity contribution in [1.29, 1.82) is 0 Å². The summed E-state index contributed by atoms with van der Waals surface area (Å²) in [4.78, 5) is 16.1. The molecule has 3 heteroatoms. The van der Waals surface area contributed by atoms with Gasteiger partial charge in [0.15, 0.2) is 0 Å². The molecule has 1 saturated heterocycles. The number of hydrogen-bond acceptors (Lipinski definition) is 3. The Kier molecular flexibility index (Phi) is 3.86. The zero-order valence-corrected chi connectivity index (χ0v) is 9.35. The molecule has 1 aliphatic rings. The predicted molar refractivity (Wildman–Crippen MR) is 62.8 cm³/mol. The van der Waals surface area contributed by atoms with Crippen LogP contribution in [0.25, 0.3) is 0 Å². The zero-order valence-electron chi connectivity index (χ0n) is 9.35. The van der Waals surface area contributed by atoms with Crippen molar-refractivity contribution < 1.29 is 4.79 Å². The summed E-state index contributed by atoms with van der Waals surface area (Å²) in [5.41, 5.74) is 2.39. The maximum atomic E-state index is 10.0. The lowest BCUT2D eigenvalue weighted by atomic mass is 10.1. The smallest absolute Gasteiger partial charge is 0.235 e. The summed E-state index contributed by atoms with van der Waals surface area (Å²) >= 11 is 0. The van der Waals surface area contributed by atoms with Crippen molar-refractivity contribution in [1.82, 2.24) is 4.90 Å². The van der Waals surface area contributed by atoms with Crippen LogP contribution in [-0.4, -0.2) is 24.1 Å². The number of rotatable bonds is 4. The van der Waals surface area contributed by atoms with E-state index in [1.807, 2.05) is 12.1 Å². The fourth-order valence-corrected chi connectivity index (χ4v) is 2.15. The van der Waals surface area contributed by atoms with E-state index in [2.05, 4.69) is 22.0 Å². The van der Waals surface area contributed by atoms with Crippen LogP contribution in [0.15, 0.2) is 29.3 Å². The summed E-state index contributed by atoms with van der Waals surface area (Å²) in [6.45, 7) is 3.86. The first kappa shape index (κ1) is 11.1. The summed E-state index contributed by atoms with van der Waals surface area (Å²) in [6, 6.07) is 8.28. The molecule has 3 nitrogen and oxygen atoms in total. The largest absolute Gasteiger partial charge is 0.299 e. The normalized spacial score (nSPS) is 16.0. The molecule has 0 spiro atoms. The lowest BCUT2D eigenvalue weighted by molar-refractivity contribution is 0.331. The van der Waals surface area contributed by atoms with Gasteiger partial charge < -0.3 is 0 Å². The quantitative estimate of drug-likeness (QED) is 0.570. The molecular weight excluding hydrogens is 200 g/mol. The molecule has 16 heavy (non-hydrogen) atoms. The maximum absolute atomic E-state index is 10.0. The number of isocyanates is 1. The number of hydrogen-bond donors (Lipinski definition) is 0. The zero-order chi connectivity index (χ0) is 11.2. The molecule has 0 atom stereocenters. The highest BCUT2D eigenvalue weighted by atomic mass is 16.1. The van der Waals surface area contributed by atoms with E-state index in [0.29, 0.717) is 6.54 Å². The van der Waals surface area contributed by atoms with Gasteiger partial charge in [-0.3, -0.25) is 4.90 Å². The maximum Gasteiger partial charge on any atom is 0.235 e. The molecule has 1 aliphatic heterocycles. The number of benzene rings is 1. The van der Waals surface area contributed by atoms with Gasteiger partial charge in [0.25, 0.3) is 0 Å². The van der Waals surface area contributed by atoms with Crippen LogP contribution < -0.4 is 0 Å². The van der Waals surface area contributed by atoms with Crippen molar-refractivity contribution in [2.45, 2.75) is 25.9 Å². The molecule has 84 valence electrons. The van der Waals surface area contributed by atoms with Crippen LogP contribution in [-0.2, 0) is 17.9 Å². The average molecular weight is 216 g/mol. The van der Waals surface area contributed by atoms with Crippen molar-refractivity contribution in [2.24, 2.45) is 4.99 Å². The molecule has 0 aromatic heterocycles. The van der Waals surface area contributed by atoms with Gasteiger partial charge in [-0.25, -0.2) is 9.79 Å². The van der Waals surface area contributed by atoms with Crippen molar-refractivity contribution >= 4 is 6.08 Å². The molecule has 0 aliphatic carbocycles. The van der Waals surface area contributed by atoms with Crippen molar-refractivity contribution in [3.8, 4) is 0 Å². The molecule has 0 radical (unpaired) electrons. The molecule has 0 N–H and O–H groups in total. The Morgan fingerprint density at radius 1 is 1.25 bits per heavy atom. The van der Waals surface area contributed by atoms with Gasteiger partial charge in [-0.2, -0.15) is 0 Å². The van der Waals surface area contributed by atoms with Crippen molar-refractivity contribution in [2.75, 3.05) is 13.1 Å². The van der Waals surface area contributed by atoms with Crippen LogP contribution in [0, 0.1) is 0 Å². The van der Waals surface area contributed by atoms with Gasteiger partial charge in [0.1, 0.15) is 0 Å². The monoisotopic (exact) mass is 216 g/mol. The van der Waals surface area contributed by atoms with Gasteiger partial charge in [0.2, 0.25) is 6.08 Å². The summed E-state index contributed by atoms with van der Waals surface area (Å²) in [5, 5.41) is 0. The molecule has 2 rings (SSSR count). The third kappa shape index (κ3) is 3.02. The number of likely N-dealkylation sites (tertiary alicyclic amines) is 1. The van der Waals surface area contributed by atoms with E-state index < -0.39 is 0 Å². The third-order valence-corrected chi connectivity index (χ3v) is 2.92. The van der Waals surface area contributed by atoms with Crippen LogP contribution in [0.3, 0.4) is 0 Å². The van der Waals surface area contributed by atoms with Crippen LogP contribution in [0.1, 0.15) is 24.0 Å². The third-order valence-electron chi connectivity index (χ3n) is 2.92. The fraction of sp³-hybridized carbons (Fsp3) is 0.462. The summed E-state index contributed by atoms with van der Waals surface area (Å²) in [6.07, 6.45) is 4.20. The number of aliphatic imine (C=N–C) groups is 1. The van der Waals surface area contributed by atoms with Crippen LogP contribution >= 0.6 is 0 Å². The average Bonchev–Trinajstić information content (AvgIpc) is 2.80. The molecule has 0 amide bonds. The van der Waals surface area contributed by atoms with E-state index in [0.717, 1.165) is 12.1 Å². The molecule has 1 aromatic rings. The van der Waals surface area contributed by atoms with Crippen molar-refractivity contribution in [3.05, 3.63) is 35.4 Å². The van der Waals surface area contributed by atoms with E-state index in [1.165, 1.54) is 31.5 Å². The predicted octanol–water partition coefficient (Wildman–Crippen LogP) is 2.12. The van der Waals surface area contributed by atoms with E-state index in [1.54, 1.807) is 6.08 Å². The highest BCUT2D eigenvalue weighted by Crippen LogP contribution is 2.14. The lowest BCUT2D eigenvalue weighted by Crippen LogP contribution is -2.18. The Hall–Kier alpha value is -1.44. The molecule has 0 bridgehead atoms. The van der Waals surface area contributed by atoms with Gasteiger partial charge in [-0.1, -0.05) is 24.3 Å². The summed E-state index contributed by atoms with van der Waals surface area (Å²) in [5.74, 6) is 0. The Morgan fingerprint density at radius 2 is 2.00 bits per heavy atom. The van der Waals surface area contributed by atoms with Gasteiger partial charge in [-0.05, 0) is 37.1 Å². The minimum absolute atomic E-state index is 0.442. The van der Waals surface area contributed by atoms with Gasteiger partial charge in [0.05, 0.1) is 6.54 Å². The van der Waals surface area contributed by atoms with Crippen LogP contribution in [0.2, 0.25) is 0 Å². The molecular formula is C13H16N2O. The molecule has 1 fully saturated rings. The second-order valence-electron chi connectivity index (χ2n) is 4.21. The van der Waals surface area contributed by atoms with E-state index >= 15 is 0 Å². The number of nitrogens with zero attached hydrogens (tertiary/aromatic N) is 2. The van der Waals surface area contributed by atoms with Gasteiger partial charge in [0, 0.05) is 6.54 Å². The second-order valence-corrected chi connectivity index (χ2v) is 4.21. The summed E-state index contributed by atoms with van der Waals surface area (Å²) < 4.78 is 0. The van der Waals surface area contributed by atoms with E-state index in [-0.39, 0.29) is 0 Å². The minimum atomic E-state index is 0.442. The number of carbonyl (C=O) groups excluding carboxylic acids is 1.